The number of nitrogens with zero attached hydrogens (tertiary/aromatic N) is 1. The van der Waals surface area contributed by atoms with E-state index >= 15 is 0 Å². The Kier molecular flexibility index (Phi) is 4.68. The Morgan fingerprint density at radius 2 is 2.00 bits per heavy atom. The Labute approximate surface area is 127 Å². The van der Waals surface area contributed by atoms with Gasteiger partial charge in [0.1, 0.15) is 5.75 Å². The molecule has 0 saturated carbocycles. The highest BCUT2D eigenvalue weighted by molar-refractivity contribution is 7.17. The van der Waals surface area contributed by atoms with Crippen molar-refractivity contribution in [2.75, 3.05) is 14.2 Å². The predicted molar refractivity (Wildman–Crippen MR) is 82.8 cm³/mol. The highest BCUT2D eigenvalue weighted by atomic mass is 35.5. The highest BCUT2D eigenvalue weighted by Gasteiger charge is 2.22. The van der Waals surface area contributed by atoms with Crippen LogP contribution < -0.4 is 4.74 Å². The normalized spacial score (nSPS) is 12.0. The second kappa shape index (κ2) is 6.29. The summed E-state index contributed by atoms with van der Waals surface area (Å²) in [5.41, 5.74) is 0.980. The number of amides is 1. The van der Waals surface area contributed by atoms with Crippen molar-refractivity contribution in [1.82, 2.24) is 4.90 Å². The van der Waals surface area contributed by atoms with Crippen LogP contribution >= 0.6 is 22.9 Å². The number of rotatable bonds is 4. The van der Waals surface area contributed by atoms with Crippen molar-refractivity contribution < 1.29 is 9.53 Å². The maximum absolute atomic E-state index is 12.4. The van der Waals surface area contributed by atoms with E-state index in [2.05, 4.69) is 0 Å². The molecular formula is C15H16ClNO2S. The maximum Gasteiger partial charge on any atom is 0.264 e. The Morgan fingerprint density at radius 1 is 1.30 bits per heavy atom. The molecule has 2 rings (SSSR count). The average Bonchev–Trinajstić information content (AvgIpc) is 2.91. The maximum atomic E-state index is 12.4. The van der Waals surface area contributed by atoms with Crippen molar-refractivity contribution >= 4 is 28.8 Å². The van der Waals surface area contributed by atoms with Crippen molar-refractivity contribution in [3.8, 4) is 5.75 Å². The molecule has 0 spiro atoms. The van der Waals surface area contributed by atoms with Crippen molar-refractivity contribution in [2.24, 2.45) is 0 Å². The van der Waals surface area contributed by atoms with E-state index in [1.54, 1.807) is 31.2 Å². The molecule has 5 heteroatoms. The van der Waals surface area contributed by atoms with Gasteiger partial charge in [-0.3, -0.25) is 4.79 Å². The minimum absolute atomic E-state index is 0.0414. The van der Waals surface area contributed by atoms with Crippen molar-refractivity contribution in [3.05, 3.63) is 51.2 Å². The van der Waals surface area contributed by atoms with Gasteiger partial charge in [0, 0.05) is 12.6 Å². The molecule has 1 aromatic heterocycles. The van der Waals surface area contributed by atoms with Gasteiger partial charge >= 0.3 is 0 Å². The number of methoxy groups -OCH3 is 1. The van der Waals surface area contributed by atoms with Gasteiger partial charge in [-0.15, -0.1) is 11.3 Å². The van der Waals surface area contributed by atoms with Crippen LogP contribution in [0.25, 0.3) is 0 Å². The molecule has 0 saturated heterocycles. The van der Waals surface area contributed by atoms with Crippen LogP contribution in [0.2, 0.25) is 4.34 Å². The molecule has 1 heterocycles. The molecule has 106 valence electrons. The fraction of sp³-hybridized carbons (Fsp3) is 0.267. The number of hydrogen-bond acceptors (Lipinski definition) is 3. The third kappa shape index (κ3) is 2.97. The summed E-state index contributed by atoms with van der Waals surface area (Å²) in [6, 6.07) is 11.1. The Balaban J connectivity index is 2.24. The van der Waals surface area contributed by atoms with Gasteiger partial charge < -0.3 is 9.64 Å². The van der Waals surface area contributed by atoms with Gasteiger partial charge in [0.05, 0.1) is 22.4 Å². The number of halogens is 1. The summed E-state index contributed by atoms with van der Waals surface area (Å²) < 4.78 is 5.97. The topological polar surface area (TPSA) is 29.5 Å². The minimum Gasteiger partial charge on any atom is -0.496 e. The van der Waals surface area contributed by atoms with Crippen LogP contribution in [0.15, 0.2) is 36.4 Å². The lowest BCUT2D eigenvalue weighted by Gasteiger charge is -2.26. The van der Waals surface area contributed by atoms with Crippen LogP contribution in [0.3, 0.4) is 0 Å². The van der Waals surface area contributed by atoms with Crippen molar-refractivity contribution in [1.29, 1.82) is 0 Å². The van der Waals surface area contributed by atoms with E-state index in [1.165, 1.54) is 11.3 Å². The Bertz CT molecular complexity index is 611. The molecule has 0 aliphatic heterocycles. The molecule has 0 N–H and O–H groups in total. The van der Waals surface area contributed by atoms with Crippen LogP contribution in [0.1, 0.15) is 28.2 Å². The van der Waals surface area contributed by atoms with Gasteiger partial charge in [0.25, 0.3) is 5.91 Å². The summed E-state index contributed by atoms with van der Waals surface area (Å²) in [5, 5.41) is 0. The monoisotopic (exact) mass is 309 g/mol. The molecule has 20 heavy (non-hydrogen) atoms. The fourth-order valence-corrected chi connectivity index (χ4v) is 3.03. The predicted octanol–water partition coefficient (Wildman–Crippen LogP) is 4.24. The molecule has 0 fully saturated rings. The Morgan fingerprint density at radius 3 is 2.60 bits per heavy atom. The van der Waals surface area contributed by atoms with Gasteiger partial charge in [-0.05, 0) is 25.1 Å². The van der Waals surface area contributed by atoms with E-state index in [9.17, 15) is 4.79 Å². The van der Waals surface area contributed by atoms with Gasteiger partial charge in [0.2, 0.25) is 0 Å². The van der Waals surface area contributed by atoms with E-state index < -0.39 is 0 Å². The van der Waals surface area contributed by atoms with Crippen molar-refractivity contribution in [3.63, 3.8) is 0 Å². The molecule has 0 radical (unpaired) electrons. The van der Waals surface area contributed by atoms with Crippen LogP contribution in [0.4, 0.5) is 0 Å². The molecule has 2 aromatic rings. The zero-order valence-corrected chi connectivity index (χ0v) is 13.2. The van der Waals surface area contributed by atoms with Crippen LogP contribution in [-0.2, 0) is 0 Å². The lowest BCUT2D eigenvalue weighted by Crippen LogP contribution is -2.29. The molecule has 0 aliphatic carbocycles. The van der Waals surface area contributed by atoms with E-state index in [4.69, 9.17) is 16.3 Å². The fourth-order valence-electron chi connectivity index (χ4n) is 2.00. The van der Waals surface area contributed by atoms with Crippen LogP contribution in [0, 0.1) is 0 Å². The van der Waals surface area contributed by atoms with Gasteiger partial charge in [0.15, 0.2) is 0 Å². The Hall–Kier alpha value is -1.52. The zero-order valence-electron chi connectivity index (χ0n) is 11.6. The number of thiophene rings is 1. The smallest absolute Gasteiger partial charge is 0.264 e. The summed E-state index contributed by atoms with van der Waals surface area (Å²) in [6.45, 7) is 1.98. The molecular weight excluding hydrogens is 294 g/mol. The first-order chi connectivity index (χ1) is 9.54. The molecule has 1 aromatic carbocycles. The number of para-hydroxylation sites is 1. The average molecular weight is 310 g/mol. The summed E-state index contributed by atoms with van der Waals surface area (Å²) in [4.78, 5) is 14.7. The minimum atomic E-state index is -0.0838. The van der Waals surface area contributed by atoms with E-state index in [0.717, 1.165) is 11.3 Å². The lowest BCUT2D eigenvalue weighted by atomic mass is 10.1. The number of carbonyl (C=O) groups excluding carboxylic acids is 1. The second-order valence-corrected chi connectivity index (χ2v) is 6.15. The third-order valence-corrected chi connectivity index (χ3v) is 4.49. The molecule has 1 atom stereocenters. The number of benzene rings is 1. The SMILES string of the molecule is COc1ccccc1[C@@H](C)N(C)C(=O)c1ccc(Cl)s1. The molecule has 0 aliphatic rings. The first-order valence-electron chi connectivity index (χ1n) is 6.20. The van der Waals surface area contributed by atoms with Gasteiger partial charge in [-0.2, -0.15) is 0 Å². The summed E-state index contributed by atoms with van der Waals surface area (Å²) >= 11 is 7.17. The van der Waals surface area contributed by atoms with Gasteiger partial charge in [-0.25, -0.2) is 0 Å². The molecule has 3 nitrogen and oxygen atoms in total. The zero-order chi connectivity index (χ0) is 14.7. The molecule has 0 unspecified atom stereocenters. The summed E-state index contributed by atoms with van der Waals surface area (Å²) in [7, 11) is 3.42. The second-order valence-electron chi connectivity index (χ2n) is 4.44. The number of hydrogen-bond donors (Lipinski definition) is 0. The standard InChI is InChI=1S/C15H16ClNO2S/c1-10(11-6-4-5-7-12(11)19-3)17(2)15(18)13-8-9-14(16)20-13/h4-10H,1-3H3/t10-/m1/s1. The van der Waals surface area contributed by atoms with Crippen molar-refractivity contribution in [2.45, 2.75) is 13.0 Å². The quantitative estimate of drug-likeness (QED) is 0.845. The van der Waals surface area contributed by atoms with E-state index in [0.29, 0.717) is 9.21 Å². The highest BCUT2D eigenvalue weighted by Crippen LogP contribution is 2.30. The number of ether oxygens (including phenoxy) is 1. The van der Waals surface area contributed by atoms with Gasteiger partial charge in [-0.1, -0.05) is 29.8 Å². The summed E-state index contributed by atoms with van der Waals surface area (Å²) in [6.07, 6.45) is 0. The summed E-state index contributed by atoms with van der Waals surface area (Å²) in [5.74, 6) is 0.740. The largest absolute Gasteiger partial charge is 0.496 e. The molecule has 0 bridgehead atoms. The third-order valence-electron chi connectivity index (χ3n) is 3.27. The van der Waals surface area contributed by atoms with Crippen LogP contribution in [0.5, 0.6) is 5.75 Å². The first-order valence-corrected chi connectivity index (χ1v) is 7.39. The van der Waals surface area contributed by atoms with E-state index in [1.807, 2.05) is 31.2 Å². The lowest BCUT2D eigenvalue weighted by molar-refractivity contribution is 0.0746. The van der Waals surface area contributed by atoms with Crippen LogP contribution in [-0.4, -0.2) is 25.0 Å². The first kappa shape index (κ1) is 14.9. The number of carbonyl (C=O) groups is 1. The molecule has 1 amide bonds. The van der Waals surface area contributed by atoms with E-state index in [-0.39, 0.29) is 11.9 Å².